The molecule has 1 aliphatic rings. The smallest absolute Gasteiger partial charge is 0.191 e. The third-order valence-corrected chi connectivity index (χ3v) is 3.84. The fraction of sp³-hybridized carbons (Fsp3) is 0.462. The van der Waals surface area contributed by atoms with Crippen LogP contribution in [0, 0.1) is 0 Å². The Morgan fingerprint density at radius 1 is 1.42 bits per heavy atom. The van der Waals surface area contributed by atoms with E-state index in [1.54, 1.807) is 7.11 Å². The van der Waals surface area contributed by atoms with E-state index in [0.29, 0.717) is 12.5 Å². The summed E-state index contributed by atoms with van der Waals surface area (Å²) in [7, 11) is 1.67. The van der Waals surface area contributed by atoms with Crippen LogP contribution in [0.25, 0.3) is 0 Å². The molecule has 2 rings (SSSR count). The number of benzene rings is 1. The second kappa shape index (κ2) is 8.52. The van der Waals surface area contributed by atoms with Crippen molar-refractivity contribution in [2.75, 3.05) is 31.7 Å². The number of rotatable bonds is 3. The molecule has 1 aliphatic heterocycles. The predicted molar refractivity (Wildman–Crippen MR) is 92.6 cm³/mol. The van der Waals surface area contributed by atoms with Gasteiger partial charge < -0.3 is 15.4 Å². The number of nitrogens with two attached hydrogens (primary N) is 1. The van der Waals surface area contributed by atoms with Crippen molar-refractivity contribution in [1.82, 2.24) is 4.90 Å². The Morgan fingerprint density at radius 3 is 2.84 bits per heavy atom. The van der Waals surface area contributed by atoms with Crippen LogP contribution in [0.3, 0.4) is 0 Å². The number of thioether (sulfide) groups is 1. The summed E-state index contributed by atoms with van der Waals surface area (Å²) in [5, 5.41) is 0. The molecular weight excluding hydrogens is 373 g/mol. The van der Waals surface area contributed by atoms with E-state index in [2.05, 4.69) is 9.89 Å². The summed E-state index contributed by atoms with van der Waals surface area (Å²) in [4.78, 5) is 6.60. The van der Waals surface area contributed by atoms with Gasteiger partial charge in [-0.2, -0.15) is 11.8 Å². The maximum absolute atomic E-state index is 6.00. The number of hydrogen-bond donors (Lipinski definition) is 1. The van der Waals surface area contributed by atoms with Gasteiger partial charge in [0.25, 0.3) is 0 Å². The summed E-state index contributed by atoms with van der Waals surface area (Å²) in [6.07, 6.45) is 0. The third-order valence-electron chi connectivity index (χ3n) is 2.89. The fourth-order valence-corrected chi connectivity index (χ4v) is 2.74. The number of methoxy groups -OCH3 is 1. The molecule has 1 saturated heterocycles. The number of halogens is 1. The zero-order chi connectivity index (χ0) is 12.8. The van der Waals surface area contributed by atoms with E-state index in [1.165, 1.54) is 0 Å². The van der Waals surface area contributed by atoms with Crippen LogP contribution in [0.4, 0.5) is 0 Å². The van der Waals surface area contributed by atoms with Crippen LogP contribution >= 0.6 is 35.7 Å². The lowest BCUT2D eigenvalue weighted by Crippen LogP contribution is -2.42. The number of nitrogens with zero attached hydrogens (tertiary/aromatic N) is 2. The Balaban J connectivity index is 0.00000180. The van der Waals surface area contributed by atoms with Crippen molar-refractivity contribution < 1.29 is 4.74 Å². The van der Waals surface area contributed by atoms with Crippen LogP contribution in [0.15, 0.2) is 29.3 Å². The van der Waals surface area contributed by atoms with Crippen LogP contribution in [-0.4, -0.2) is 42.6 Å². The van der Waals surface area contributed by atoms with Crippen molar-refractivity contribution in [3.8, 4) is 5.75 Å². The number of aliphatic imine (C=N–C) groups is 1. The molecule has 0 spiro atoms. The highest BCUT2D eigenvalue weighted by molar-refractivity contribution is 14.0. The Hall–Kier alpha value is -0.630. The molecule has 1 aromatic carbocycles. The average Bonchev–Trinajstić information content (AvgIpc) is 2.46. The van der Waals surface area contributed by atoms with Gasteiger partial charge >= 0.3 is 0 Å². The van der Waals surface area contributed by atoms with Crippen molar-refractivity contribution in [1.29, 1.82) is 0 Å². The molecule has 4 nitrogen and oxygen atoms in total. The van der Waals surface area contributed by atoms with Gasteiger partial charge in [0.05, 0.1) is 13.7 Å². The minimum atomic E-state index is 0. The van der Waals surface area contributed by atoms with Crippen LogP contribution < -0.4 is 10.5 Å². The van der Waals surface area contributed by atoms with Gasteiger partial charge in [-0.05, 0) is 17.7 Å². The second-order valence-electron chi connectivity index (χ2n) is 4.13. The molecule has 0 radical (unpaired) electrons. The lowest BCUT2D eigenvalue weighted by Gasteiger charge is -2.27. The zero-order valence-electron chi connectivity index (χ0n) is 11.0. The van der Waals surface area contributed by atoms with E-state index in [-0.39, 0.29) is 24.0 Å². The summed E-state index contributed by atoms with van der Waals surface area (Å²) in [6, 6.07) is 7.92. The molecule has 2 N–H and O–H groups in total. The molecule has 0 bridgehead atoms. The van der Waals surface area contributed by atoms with Gasteiger partial charge in [0.2, 0.25) is 0 Å². The number of ether oxygens (including phenoxy) is 1. The molecule has 106 valence electrons. The van der Waals surface area contributed by atoms with E-state index in [4.69, 9.17) is 10.5 Å². The summed E-state index contributed by atoms with van der Waals surface area (Å²) < 4.78 is 5.19. The molecule has 1 aromatic rings. The highest BCUT2D eigenvalue weighted by Gasteiger charge is 2.11. The van der Waals surface area contributed by atoms with Crippen molar-refractivity contribution >= 4 is 41.7 Å². The molecular formula is C13H20IN3OS. The molecule has 0 aromatic heterocycles. The molecule has 0 aliphatic carbocycles. The summed E-state index contributed by atoms with van der Waals surface area (Å²) in [5.74, 6) is 3.78. The molecule has 1 fully saturated rings. The minimum absolute atomic E-state index is 0. The molecule has 19 heavy (non-hydrogen) atoms. The molecule has 1 heterocycles. The first-order valence-corrected chi connectivity index (χ1v) is 7.20. The molecule has 0 amide bonds. The molecule has 0 saturated carbocycles. The zero-order valence-corrected chi connectivity index (χ0v) is 14.2. The lowest BCUT2D eigenvalue weighted by atomic mass is 10.2. The van der Waals surface area contributed by atoms with Gasteiger partial charge in [-0.1, -0.05) is 12.1 Å². The highest BCUT2D eigenvalue weighted by atomic mass is 127. The van der Waals surface area contributed by atoms with Gasteiger partial charge in [-0.25, -0.2) is 4.99 Å². The van der Waals surface area contributed by atoms with Gasteiger partial charge in [-0.3, -0.25) is 0 Å². The third kappa shape index (κ3) is 5.10. The lowest BCUT2D eigenvalue weighted by molar-refractivity contribution is 0.414. The molecule has 0 unspecified atom stereocenters. The second-order valence-corrected chi connectivity index (χ2v) is 5.35. The van der Waals surface area contributed by atoms with Crippen molar-refractivity contribution in [3.05, 3.63) is 29.8 Å². The minimum Gasteiger partial charge on any atom is -0.497 e. The topological polar surface area (TPSA) is 50.9 Å². The van der Waals surface area contributed by atoms with Crippen LogP contribution in [0.1, 0.15) is 5.56 Å². The van der Waals surface area contributed by atoms with E-state index >= 15 is 0 Å². The quantitative estimate of drug-likeness (QED) is 0.486. The maximum atomic E-state index is 6.00. The van der Waals surface area contributed by atoms with E-state index in [9.17, 15) is 0 Å². The first-order valence-electron chi connectivity index (χ1n) is 6.05. The largest absolute Gasteiger partial charge is 0.497 e. The summed E-state index contributed by atoms with van der Waals surface area (Å²) in [6.45, 7) is 2.60. The number of hydrogen-bond acceptors (Lipinski definition) is 3. The highest BCUT2D eigenvalue weighted by Crippen LogP contribution is 2.13. The van der Waals surface area contributed by atoms with Crippen molar-refractivity contribution in [2.45, 2.75) is 6.54 Å². The van der Waals surface area contributed by atoms with Crippen LogP contribution in [-0.2, 0) is 6.54 Å². The Bertz CT molecular complexity index is 422. The van der Waals surface area contributed by atoms with E-state index in [0.717, 1.165) is 35.9 Å². The molecule has 6 heteroatoms. The van der Waals surface area contributed by atoms with Gasteiger partial charge in [0, 0.05) is 24.6 Å². The average molecular weight is 393 g/mol. The SMILES string of the molecule is COc1cccc(CN=C(N)N2CCSCC2)c1.I. The standard InChI is InChI=1S/C13H19N3OS.HI/c1-17-12-4-2-3-11(9-12)10-15-13(14)16-5-7-18-8-6-16;/h2-4,9H,5-8,10H2,1H3,(H2,14,15);1H. The van der Waals surface area contributed by atoms with Gasteiger partial charge in [0.1, 0.15) is 5.75 Å². The van der Waals surface area contributed by atoms with Gasteiger partial charge in [-0.15, -0.1) is 24.0 Å². The van der Waals surface area contributed by atoms with Crippen molar-refractivity contribution in [3.63, 3.8) is 0 Å². The Labute approximate surface area is 135 Å². The van der Waals surface area contributed by atoms with Gasteiger partial charge in [0.15, 0.2) is 5.96 Å². The van der Waals surface area contributed by atoms with Crippen LogP contribution in [0.2, 0.25) is 0 Å². The van der Waals surface area contributed by atoms with E-state index < -0.39 is 0 Å². The van der Waals surface area contributed by atoms with Crippen molar-refractivity contribution in [2.24, 2.45) is 10.7 Å². The Kier molecular flexibility index (Phi) is 7.37. The summed E-state index contributed by atoms with van der Waals surface area (Å²) >= 11 is 1.97. The first kappa shape index (κ1) is 16.4. The predicted octanol–water partition coefficient (Wildman–Crippen LogP) is 2.18. The first-order chi connectivity index (χ1) is 8.79. The Morgan fingerprint density at radius 2 is 2.16 bits per heavy atom. The molecule has 0 atom stereocenters. The fourth-order valence-electron chi connectivity index (χ4n) is 1.84. The normalized spacial score (nSPS) is 15.8. The van der Waals surface area contributed by atoms with E-state index in [1.807, 2.05) is 36.0 Å². The number of guanidine groups is 1. The monoisotopic (exact) mass is 393 g/mol. The van der Waals surface area contributed by atoms with Crippen LogP contribution in [0.5, 0.6) is 5.75 Å². The summed E-state index contributed by atoms with van der Waals surface area (Å²) in [5.41, 5.74) is 7.12. The maximum Gasteiger partial charge on any atom is 0.191 e.